The molecule has 0 aromatic carbocycles. The Kier molecular flexibility index (Phi) is 12.9. The van der Waals surface area contributed by atoms with Gasteiger partial charge in [0, 0.05) is 0 Å². The van der Waals surface area contributed by atoms with E-state index >= 15 is 0 Å². The van der Waals surface area contributed by atoms with E-state index in [0.717, 1.165) is 0 Å². The van der Waals surface area contributed by atoms with Gasteiger partial charge in [0.2, 0.25) is 0 Å². The third kappa shape index (κ3) is 7.54. The van der Waals surface area contributed by atoms with Gasteiger partial charge in [0.15, 0.2) is 0 Å². The van der Waals surface area contributed by atoms with Gasteiger partial charge in [-0.3, -0.25) is 0 Å². The van der Waals surface area contributed by atoms with E-state index in [1.165, 1.54) is 55.6 Å². The van der Waals surface area contributed by atoms with Crippen LogP contribution in [0.15, 0.2) is 9.85 Å². The normalized spacial score (nSPS) is 24.7. The van der Waals surface area contributed by atoms with Gasteiger partial charge in [0.25, 0.3) is 0 Å². The van der Waals surface area contributed by atoms with Crippen LogP contribution in [0, 0.1) is 0 Å². The average Bonchev–Trinajstić information content (AvgIpc) is 2.81. The first-order chi connectivity index (χ1) is 16.9. The fraction of sp³-hybridized carbons (Fsp3) is 0.933. The van der Waals surface area contributed by atoms with E-state index in [-0.39, 0.29) is 18.3 Å². The fourth-order valence-corrected chi connectivity index (χ4v) is 28.2. The Morgan fingerprint density at radius 2 is 1.36 bits per heavy atom. The van der Waals surface area contributed by atoms with Gasteiger partial charge in [-0.25, -0.2) is 0 Å². The van der Waals surface area contributed by atoms with Crippen molar-refractivity contribution in [2.45, 2.75) is 169 Å². The van der Waals surface area contributed by atoms with Crippen molar-refractivity contribution in [1.82, 2.24) is 0 Å². The van der Waals surface area contributed by atoms with Gasteiger partial charge < -0.3 is 0 Å². The second-order valence-corrected chi connectivity index (χ2v) is 31.4. The third-order valence-corrected chi connectivity index (χ3v) is 30.0. The monoisotopic (exact) mass is 632 g/mol. The van der Waals surface area contributed by atoms with Crippen molar-refractivity contribution in [2.75, 3.05) is 6.61 Å². The Hall–Kier alpha value is 0.436. The Labute approximate surface area is 229 Å². The first kappa shape index (κ1) is 32.6. The van der Waals surface area contributed by atoms with Gasteiger partial charge in [-0.2, -0.15) is 0 Å². The number of hydrogen-bond donors (Lipinski definition) is 0. The molecule has 0 saturated carbocycles. The number of unbranched alkanes of at least 4 members (excludes halogenated alkanes) is 3. The van der Waals surface area contributed by atoms with Crippen LogP contribution in [0.1, 0.15) is 115 Å². The van der Waals surface area contributed by atoms with Gasteiger partial charge in [-0.1, -0.05) is 0 Å². The van der Waals surface area contributed by atoms with E-state index in [1.54, 1.807) is 0 Å². The topological polar surface area (TPSA) is 36.9 Å². The van der Waals surface area contributed by atoms with Crippen LogP contribution in [0.25, 0.3) is 0 Å². The standard InChI is InChI=1S/C18H33O4Si.3C4H9.Sn/c1-12(2)23(13(3)4,14(5)6)22-15-9-10-19-16-11-20-18(7,8)21-17(15)16;3*1-3-4-2;/h9,12-17H,11H2,1-8H3;3*1,3-4H2,2H3;/t15-,16+,17+;;;;/m0..../s1. The van der Waals surface area contributed by atoms with Crippen molar-refractivity contribution in [3.05, 3.63) is 9.85 Å². The van der Waals surface area contributed by atoms with E-state index in [4.69, 9.17) is 18.6 Å². The molecule has 0 bridgehead atoms. The van der Waals surface area contributed by atoms with E-state index in [1.807, 2.05) is 13.8 Å². The number of rotatable bonds is 15. The first-order valence-electron chi connectivity index (χ1n) is 15.3. The Morgan fingerprint density at radius 3 is 1.78 bits per heavy atom. The van der Waals surface area contributed by atoms with Crippen molar-refractivity contribution < 1.29 is 18.6 Å². The van der Waals surface area contributed by atoms with Crippen LogP contribution in [0.2, 0.25) is 29.9 Å². The van der Waals surface area contributed by atoms with Gasteiger partial charge in [0.05, 0.1) is 0 Å². The minimum atomic E-state index is -2.77. The third-order valence-electron chi connectivity index (χ3n) is 8.90. The molecule has 0 spiro atoms. The van der Waals surface area contributed by atoms with Gasteiger partial charge >= 0.3 is 231 Å². The molecule has 36 heavy (non-hydrogen) atoms. The van der Waals surface area contributed by atoms with Crippen LogP contribution in [0.4, 0.5) is 0 Å². The fourth-order valence-electron chi connectivity index (χ4n) is 6.98. The van der Waals surface area contributed by atoms with Crippen molar-refractivity contribution in [2.24, 2.45) is 0 Å². The summed E-state index contributed by atoms with van der Waals surface area (Å²) in [4.78, 5) is 0. The summed E-state index contributed by atoms with van der Waals surface area (Å²) in [6.45, 7) is 26.0. The van der Waals surface area contributed by atoms with Crippen molar-refractivity contribution >= 4 is 26.7 Å². The molecule has 0 aromatic heterocycles. The Bertz CT molecular complexity index is 647. The van der Waals surface area contributed by atoms with Crippen LogP contribution < -0.4 is 0 Å². The second-order valence-electron chi connectivity index (χ2n) is 13.0. The molecule has 0 aliphatic carbocycles. The van der Waals surface area contributed by atoms with E-state index in [0.29, 0.717) is 23.2 Å². The summed E-state index contributed by atoms with van der Waals surface area (Å²) in [6.07, 6.45) is 10.0. The minimum absolute atomic E-state index is 0.0400. The van der Waals surface area contributed by atoms with Gasteiger partial charge in [-0.05, 0) is 0 Å². The second kappa shape index (κ2) is 14.2. The van der Waals surface area contributed by atoms with Crippen molar-refractivity contribution in [1.29, 1.82) is 0 Å². The zero-order valence-electron chi connectivity index (χ0n) is 25.7. The summed E-state index contributed by atoms with van der Waals surface area (Å²) < 4.78 is 32.9. The van der Waals surface area contributed by atoms with Crippen molar-refractivity contribution in [3.63, 3.8) is 0 Å². The molecule has 2 aliphatic heterocycles. The van der Waals surface area contributed by atoms with Gasteiger partial charge in [0.1, 0.15) is 0 Å². The molecule has 2 heterocycles. The van der Waals surface area contributed by atoms with Crippen LogP contribution in [0.5, 0.6) is 0 Å². The summed E-state index contributed by atoms with van der Waals surface area (Å²) >= 11 is -2.77. The molecule has 1 saturated heterocycles. The summed E-state index contributed by atoms with van der Waals surface area (Å²) in [5.74, 6) is -0.609. The molecule has 1 fully saturated rings. The molecule has 0 radical (unpaired) electrons. The zero-order chi connectivity index (χ0) is 27.1. The summed E-state index contributed by atoms with van der Waals surface area (Å²) in [5, 5.41) is 0. The molecular formula is C30H60O4SiSn. The van der Waals surface area contributed by atoms with Crippen LogP contribution >= 0.6 is 0 Å². The van der Waals surface area contributed by atoms with E-state index in [2.05, 4.69) is 68.4 Å². The molecular weight excluding hydrogens is 571 g/mol. The molecule has 2 rings (SSSR count). The first-order valence-corrected chi connectivity index (χ1v) is 24.9. The average molecular weight is 632 g/mol. The van der Waals surface area contributed by atoms with Crippen molar-refractivity contribution in [3.8, 4) is 0 Å². The number of hydrogen-bond acceptors (Lipinski definition) is 4. The summed E-state index contributed by atoms with van der Waals surface area (Å²) in [7, 11) is -2.10. The molecule has 0 aromatic rings. The Balaban J connectivity index is 2.62. The maximum atomic E-state index is 7.50. The van der Waals surface area contributed by atoms with Gasteiger partial charge in [-0.15, -0.1) is 0 Å². The number of fused-ring (bicyclic) bond motifs is 1. The summed E-state index contributed by atoms with van der Waals surface area (Å²) in [5.41, 5.74) is 1.62. The van der Waals surface area contributed by atoms with Crippen LogP contribution in [0.3, 0.4) is 0 Å². The SMILES string of the molecule is CCC[CH2][Sn]([CH2]CCC)([CH2]CCC)[C]1=C[C@H](O[Si](C(C)C)(C(C)C)C(C)C)[C@H]2OC(C)(C)OC[C@H]2O1. The van der Waals surface area contributed by atoms with E-state index in [9.17, 15) is 0 Å². The molecule has 0 N–H and O–H groups in total. The number of ether oxygens (including phenoxy) is 3. The predicted octanol–water partition coefficient (Wildman–Crippen LogP) is 9.37. The molecule has 0 unspecified atom stereocenters. The van der Waals surface area contributed by atoms with E-state index < -0.39 is 32.5 Å². The maximum absolute atomic E-state index is 7.50. The zero-order valence-corrected chi connectivity index (χ0v) is 29.6. The molecule has 6 heteroatoms. The molecule has 3 atom stereocenters. The predicted molar refractivity (Wildman–Crippen MR) is 159 cm³/mol. The molecule has 2 aliphatic rings. The molecule has 4 nitrogen and oxygen atoms in total. The summed E-state index contributed by atoms with van der Waals surface area (Å²) in [6, 6.07) is 0. The quantitative estimate of drug-likeness (QED) is 0.169. The molecule has 212 valence electrons. The Morgan fingerprint density at radius 1 is 0.889 bits per heavy atom. The molecule has 0 amide bonds. The van der Waals surface area contributed by atoms with Crippen LogP contribution in [-0.4, -0.2) is 57.4 Å². The van der Waals surface area contributed by atoms with Crippen LogP contribution in [-0.2, 0) is 18.6 Å².